The third-order valence-electron chi connectivity index (χ3n) is 3.91. The van der Waals surface area contributed by atoms with Crippen LogP contribution in [-0.2, 0) is 0 Å². The van der Waals surface area contributed by atoms with Crippen molar-refractivity contribution in [2.45, 2.75) is 53.4 Å². The highest BCUT2D eigenvalue weighted by Gasteiger charge is 2.33. The first-order valence-electron chi connectivity index (χ1n) is 6.16. The lowest BCUT2D eigenvalue weighted by Gasteiger charge is -2.37. The van der Waals surface area contributed by atoms with Crippen LogP contribution in [-0.4, -0.2) is 5.11 Å². The quantitative estimate of drug-likeness (QED) is 0.715. The Morgan fingerprint density at radius 1 is 1.40 bits per heavy atom. The Balaban J connectivity index is 2.85. The van der Waals surface area contributed by atoms with Crippen LogP contribution >= 0.6 is 0 Å². The average Bonchev–Trinajstić information content (AvgIpc) is 2.23. The Kier molecular flexibility index (Phi) is 4.01. The molecule has 1 nitrogen and oxygen atoms in total. The summed E-state index contributed by atoms with van der Waals surface area (Å²) >= 11 is 0. The Bertz CT molecular complexity index is 275. The first-order valence-corrected chi connectivity index (χ1v) is 6.16. The van der Waals surface area contributed by atoms with Crippen molar-refractivity contribution < 1.29 is 5.11 Å². The Morgan fingerprint density at radius 2 is 2.07 bits per heavy atom. The zero-order chi connectivity index (χ0) is 11.5. The van der Waals surface area contributed by atoms with Crippen molar-refractivity contribution in [1.82, 2.24) is 0 Å². The summed E-state index contributed by atoms with van der Waals surface area (Å²) in [5.41, 5.74) is 1.46. The second-order valence-corrected chi connectivity index (χ2v) is 4.93. The van der Waals surface area contributed by atoms with Crippen molar-refractivity contribution in [3.63, 3.8) is 0 Å². The summed E-state index contributed by atoms with van der Waals surface area (Å²) in [4.78, 5) is 0. The second-order valence-electron chi connectivity index (χ2n) is 4.93. The highest BCUT2D eigenvalue weighted by atomic mass is 16.3. The molecule has 0 aliphatic heterocycles. The lowest BCUT2D eigenvalue weighted by atomic mass is 9.68. The fourth-order valence-corrected chi connectivity index (χ4v) is 2.49. The molecule has 86 valence electrons. The maximum atomic E-state index is 9.79. The highest BCUT2D eigenvalue weighted by molar-refractivity contribution is 5.30. The number of aliphatic hydroxyl groups is 1. The molecule has 0 amide bonds. The van der Waals surface area contributed by atoms with Crippen LogP contribution in [0.4, 0.5) is 0 Å². The molecule has 2 atom stereocenters. The van der Waals surface area contributed by atoms with E-state index in [1.165, 1.54) is 24.8 Å². The van der Waals surface area contributed by atoms with Gasteiger partial charge in [-0.3, -0.25) is 0 Å². The van der Waals surface area contributed by atoms with Crippen molar-refractivity contribution in [1.29, 1.82) is 0 Å². The number of hydrogen-bond acceptors (Lipinski definition) is 1. The van der Waals surface area contributed by atoms with Gasteiger partial charge in [0.25, 0.3) is 0 Å². The third kappa shape index (κ3) is 2.45. The van der Waals surface area contributed by atoms with Crippen LogP contribution in [0.1, 0.15) is 53.4 Å². The van der Waals surface area contributed by atoms with Gasteiger partial charge in [-0.05, 0) is 35.8 Å². The monoisotopic (exact) mass is 208 g/mol. The minimum absolute atomic E-state index is 0.244. The molecule has 1 heteroatoms. The molecule has 0 radical (unpaired) electrons. The van der Waals surface area contributed by atoms with E-state index in [9.17, 15) is 5.11 Å². The molecule has 0 saturated heterocycles. The van der Waals surface area contributed by atoms with Gasteiger partial charge < -0.3 is 5.11 Å². The molecule has 1 rings (SSSR count). The van der Waals surface area contributed by atoms with Crippen LogP contribution in [0.5, 0.6) is 0 Å². The first kappa shape index (κ1) is 12.4. The molecular weight excluding hydrogens is 184 g/mol. The zero-order valence-electron chi connectivity index (χ0n) is 10.5. The van der Waals surface area contributed by atoms with Crippen molar-refractivity contribution in [2.75, 3.05) is 0 Å². The summed E-state index contributed by atoms with van der Waals surface area (Å²) in [6.45, 7) is 8.91. The van der Waals surface area contributed by atoms with Crippen molar-refractivity contribution in [3.05, 3.63) is 23.5 Å². The molecule has 0 heterocycles. The van der Waals surface area contributed by atoms with Crippen LogP contribution in [0, 0.1) is 11.3 Å². The van der Waals surface area contributed by atoms with Gasteiger partial charge in [0, 0.05) is 0 Å². The van der Waals surface area contributed by atoms with Gasteiger partial charge in [0.1, 0.15) is 5.76 Å². The van der Waals surface area contributed by atoms with Crippen LogP contribution in [0.15, 0.2) is 23.5 Å². The second kappa shape index (κ2) is 4.87. The molecular formula is C14H24O. The maximum absolute atomic E-state index is 9.79. The molecule has 0 aromatic carbocycles. The van der Waals surface area contributed by atoms with E-state index in [1.807, 2.05) is 6.08 Å². The van der Waals surface area contributed by atoms with E-state index in [4.69, 9.17) is 0 Å². The zero-order valence-corrected chi connectivity index (χ0v) is 10.5. The van der Waals surface area contributed by atoms with Gasteiger partial charge in [0.2, 0.25) is 0 Å². The molecule has 1 N–H and O–H groups in total. The van der Waals surface area contributed by atoms with Gasteiger partial charge in [-0.25, -0.2) is 0 Å². The molecule has 1 aliphatic rings. The summed E-state index contributed by atoms with van der Waals surface area (Å²) < 4.78 is 0. The van der Waals surface area contributed by atoms with E-state index in [1.54, 1.807) is 0 Å². The van der Waals surface area contributed by atoms with Crippen molar-refractivity contribution >= 4 is 0 Å². The molecule has 0 aromatic heterocycles. The van der Waals surface area contributed by atoms with E-state index < -0.39 is 0 Å². The molecule has 1 aliphatic carbocycles. The summed E-state index contributed by atoms with van der Waals surface area (Å²) in [5.74, 6) is 0.970. The standard InChI is InChI=1S/C14H24O/c1-5-7-9-14(4)10-8-13(15)12(6-2)11(14)3/h8,10-11,15H,5-7,9H2,1-4H3. The Labute approximate surface area is 93.9 Å². The highest BCUT2D eigenvalue weighted by Crippen LogP contribution is 2.43. The van der Waals surface area contributed by atoms with Crippen molar-refractivity contribution in [3.8, 4) is 0 Å². The third-order valence-corrected chi connectivity index (χ3v) is 3.91. The summed E-state index contributed by atoms with van der Waals surface area (Å²) in [6, 6.07) is 0. The number of hydrogen-bond donors (Lipinski definition) is 1. The molecule has 2 unspecified atom stereocenters. The summed E-state index contributed by atoms with van der Waals surface area (Å²) in [5, 5.41) is 9.79. The number of allylic oxidation sites excluding steroid dienone is 3. The van der Waals surface area contributed by atoms with Crippen LogP contribution in [0.2, 0.25) is 0 Å². The molecule has 0 aromatic rings. The first-order chi connectivity index (χ1) is 7.05. The lowest BCUT2D eigenvalue weighted by Crippen LogP contribution is -2.27. The average molecular weight is 208 g/mol. The minimum Gasteiger partial charge on any atom is -0.508 e. The number of unbranched alkanes of at least 4 members (excludes halogenated alkanes) is 1. The summed E-state index contributed by atoms with van der Waals surface area (Å²) in [7, 11) is 0. The van der Waals surface area contributed by atoms with E-state index in [-0.39, 0.29) is 5.41 Å². The normalized spacial score (nSPS) is 31.1. The predicted octanol–water partition coefficient (Wildman–Crippen LogP) is 4.61. The predicted molar refractivity (Wildman–Crippen MR) is 65.9 cm³/mol. The number of aliphatic hydroxyl groups excluding tert-OH is 1. The van der Waals surface area contributed by atoms with Gasteiger partial charge in [-0.2, -0.15) is 0 Å². The van der Waals surface area contributed by atoms with Gasteiger partial charge in [0.05, 0.1) is 0 Å². The molecule has 0 saturated carbocycles. The molecule has 0 spiro atoms. The Hall–Kier alpha value is -0.720. The molecule has 0 bridgehead atoms. The van der Waals surface area contributed by atoms with Gasteiger partial charge in [-0.1, -0.05) is 46.6 Å². The minimum atomic E-state index is 0.244. The molecule has 0 fully saturated rings. The van der Waals surface area contributed by atoms with Crippen LogP contribution in [0.25, 0.3) is 0 Å². The van der Waals surface area contributed by atoms with Gasteiger partial charge >= 0.3 is 0 Å². The lowest BCUT2D eigenvalue weighted by molar-refractivity contribution is 0.257. The van der Waals surface area contributed by atoms with E-state index in [0.29, 0.717) is 11.7 Å². The Morgan fingerprint density at radius 3 is 2.60 bits per heavy atom. The smallest absolute Gasteiger partial charge is 0.114 e. The maximum Gasteiger partial charge on any atom is 0.114 e. The van der Waals surface area contributed by atoms with E-state index >= 15 is 0 Å². The largest absolute Gasteiger partial charge is 0.508 e. The number of rotatable bonds is 4. The summed E-state index contributed by atoms with van der Waals surface area (Å²) in [6.07, 6.45) is 8.78. The van der Waals surface area contributed by atoms with Gasteiger partial charge in [-0.15, -0.1) is 0 Å². The van der Waals surface area contributed by atoms with Crippen LogP contribution in [0.3, 0.4) is 0 Å². The molecule has 15 heavy (non-hydrogen) atoms. The van der Waals surface area contributed by atoms with Gasteiger partial charge in [0.15, 0.2) is 0 Å². The van der Waals surface area contributed by atoms with Crippen molar-refractivity contribution in [2.24, 2.45) is 11.3 Å². The fourth-order valence-electron chi connectivity index (χ4n) is 2.49. The topological polar surface area (TPSA) is 20.2 Å². The SMILES string of the molecule is CCCCC1(C)C=CC(O)=C(CC)C1C. The van der Waals surface area contributed by atoms with Crippen LogP contribution < -0.4 is 0 Å². The fraction of sp³-hybridized carbons (Fsp3) is 0.714. The van der Waals surface area contributed by atoms with E-state index in [0.717, 1.165) is 6.42 Å². The van der Waals surface area contributed by atoms with E-state index in [2.05, 4.69) is 33.8 Å².